The molecule has 4 heteroatoms. The Hall–Kier alpha value is -0.350. The number of nitrogens with zero attached hydrogens (tertiary/aromatic N) is 2. The Morgan fingerprint density at radius 2 is 2.06 bits per heavy atom. The van der Waals surface area contributed by atoms with Gasteiger partial charge in [-0.3, -0.25) is 4.68 Å². The van der Waals surface area contributed by atoms with Gasteiger partial charge in [-0.15, -0.1) is 0 Å². The Morgan fingerprint density at radius 3 is 2.47 bits per heavy atom. The van der Waals surface area contributed by atoms with Crippen LogP contribution in [0.25, 0.3) is 0 Å². The molecule has 0 bridgehead atoms. The van der Waals surface area contributed by atoms with Crippen molar-refractivity contribution in [3.05, 3.63) is 15.9 Å². The molecule has 96 valence electrons. The number of aliphatic hydroxyl groups is 1. The minimum Gasteiger partial charge on any atom is -0.389 e. The van der Waals surface area contributed by atoms with Gasteiger partial charge in [-0.1, -0.05) is 13.8 Å². The van der Waals surface area contributed by atoms with Crippen LogP contribution in [-0.4, -0.2) is 20.5 Å². The van der Waals surface area contributed by atoms with Crippen LogP contribution in [0, 0.1) is 12.3 Å². The molecule has 0 amide bonds. The molecule has 1 atom stereocenters. The average molecular weight is 301 g/mol. The van der Waals surface area contributed by atoms with Crippen LogP contribution >= 0.6 is 15.9 Å². The highest BCUT2D eigenvalue weighted by molar-refractivity contribution is 9.10. The summed E-state index contributed by atoms with van der Waals surface area (Å²) in [5, 5.41) is 15.1. The molecule has 1 saturated carbocycles. The van der Waals surface area contributed by atoms with E-state index in [0.717, 1.165) is 35.1 Å². The zero-order valence-electron chi connectivity index (χ0n) is 11.0. The van der Waals surface area contributed by atoms with Crippen molar-refractivity contribution in [2.24, 2.45) is 12.5 Å². The minimum absolute atomic E-state index is 0.259. The molecule has 2 rings (SSSR count). The summed E-state index contributed by atoms with van der Waals surface area (Å²) in [5.41, 5.74) is 1.78. The molecule has 1 heterocycles. The Balaban J connectivity index is 2.22. The van der Waals surface area contributed by atoms with Crippen molar-refractivity contribution in [2.75, 3.05) is 0 Å². The quantitative estimate of drug-likeness (QED) is 0.912. The van der Waals surface area contributed by atoms with E-state index in [9.17, 15) is 5.11 Å². The van der Waals surface area contributed by atoms with Crippen LogP contribution in [0.15, 0.2) is 4.47 Å². The van der Waals surface area contributed by atoms with Gasteiger partial charge in [0.05, 0.1) is 21.5 Å². The van der Waals surface area contributed by atoms with E-state index in [2.05, 4.69) is 34.9 Å². The first kappa shape index (κ1) is 13.1. The second-order valence-corrected chi connectivity index (χ2v) is 7.00. The van der Waals surface area contributed by atoms with Crippen LogP contribution in [0.4, 0.5) is 0 Å². The number of aromatic nitrogens is 2. The van der Waals surface area contributed by atoms with Crippen molar-refractivity contribution in [3.8, 4) is 0 Å². The predicted molar refractivity (Wildman–Crippen MR) is 71.9 cm³/mol. The maximum atomic E-state index is 10.7. The molecular formula is C13H21BrN2O. The third-order valence-electron chi connectivity index (χ3n) is 3.83. The standard InChI is InChI=1S/C13H21BrN2O/c1-9-11(14)10(16(4)15-9)7-13(17)6-5-12(2,3)8-13/h17H,5-8H2,1-4H3. The van der Waals surface area contributed by atoms with Crippen LogP contribution in [0.1, 0.15) is 44.5 Å². The maximum absolute atomic E-state index is 10.7. The van der Waals surface area contributed by atoms with Crippen LogP contribution in [0.5, 0.6) is 0 Å². The lowest BCUT2D eigenvalue weighted by atomic mass is 9.87. The summed E-state index contributed by atoms with van der Waals surface area (Å²) in [6, 6.07) is 0. The number of rotatable bonds is 2. The van der Waals surface area contributed by atoms with Gasteiger partial charge in [-0.2, -0.15) is 5.10 Å². The molecule has 3 nitrogen and oxygen atoms in total. The summed E-state index contributed by atoms with van der Waals surface area (Å²) in [6.07, 6.45) is 3.54. The average Bonchev–Trinajstić information content (AvgIpc) is 2.59. The Bertz CT molecular complexity index is 439. The monoisotopic (exact) mass is 300 g/mol. The van der Waals surface area contributed by atoms with Gasteiger partial charge in [0.2, 0.25) is 0 Å². The van der Waals surface area contributed by atoms with Crippen LogP contribution in [-0.2, 0) is 13.5 Å². The number of hydrogen-bond acceptors (Lipinski definition) is 2. The lowest BCUT2D eigenvalue weighted by Gasteiger charge is -2.25. The summed E-state index contributed by atoms with van der Waals surface area (Å²) in [6.45, 7) is 6.44. The second-order valence-electron chi connectivity index (χ2n) is 6.21. The van der Waals surface area contributed by atoms with Gasteiger partial charge in [0.25, 0.3) is 0 Å². The van der Waals surface area contributed by atoms with Gasteiger partial charge in [0.1, 0.15) is 0 Å². The third-order valence-corrected chi connectivity index (χ3v) is 4.86. The van der Waals surface area contributed by atoms with Gasteiger partial charge in [0, 0.05) is 13.5 Å². The van der Waals surface area contributed by atoms with E-state index in [1.807, 2.05) is 18.7 Å². The molecule has 1 aliphatic carbocycles. The van der Waals surface area contributed by atoms with Crippen LogP contribution < -0.4 is 0 Å². The van der Waals surface area contributed by atoms with Gasteiger partial charge in [-0.25, -0.2) is 0 Å². The first-order chi connectivity index (χ1) is 7.72. The Kier molecular flexibility index (Phi) is 3.15. The molecule has 1 aliphatic rings. The smallest absolute Gasteiger partial charge is 0.0738 e. The van der Waals surface area contributed by atoms with E-state index in [0.29, 0.717) is 6.42 Å². The maximum Gasteiger partial charge on any atom is 0.0738 e. The fourth-order valence-electron chi connectivity index (χ4n) is 2.97. The highest BCUT2D eigenvalue weighted by Gasteiger charge is 2.42. The van der Waals surface area contributed by atoms with E-state index in [4.69, 9.17) is 0 Å². The predicted octanol–water partition coefficient (Wildman–Crippen LogP) is 2.97. The second kappa shape index (κ2) is 4.09. The molecule has 1 fully saturated rings. The van der Waals surface area contributed by atoms with E-state index in [1.54, 1.807) is 0 Å². The SMILES string of the molecule is Cc1nn(C)c(CC2(O)CCC(C)(C)C2)c1Br. The van der Waals surface area contributed by atoms with Crippen molar-refractivity contribution < 1.29 is 5.11 Å². The van der Waals surface area contributed by atoms with E-state index in [1.165, 1.54) is 0 Å². The summed E-state index contributed by atoms with van der Waals surface area (Å²) >= 11 is 3.57. The largest absolute Gasteiger partial charge is 0.389 e. The molecule has 17 heavy (non-hydrogen) atoms. The van der Waals surface area contributed by atoms with E-state index >= 15 is 0 Å². The summed E-state index contributed by atoms with van der Waals surface area (Å²) in [4.78, 5) is 0. The van der Waals surface area contributed by atoms with Crippen molar-refractivity contribution in [2.45, 2.75) is 52.1 Å². The number of hydrogen-bond donors (Lipinski definition) is 1. The fourth-order valence-corrected chi connectivity index (χ4v) is 3.45. The summed E-state index contributed by atoms with van der Waals surface area (Å²) in [7, 11) is 1.94. The zero-order valence-corrected chi connectivity index (χ0v) is 12.6. The topological polar surface area (TPSA) is 38.0 Å². The molecule has 1 aromatic heterocycles. The lowest BCUT2D eigenvalue weighted by molar-refractivity contribution is 0.0359. The van der Waals surface area contributed by atoms with Gasteiger partial charge in [-0.05, 0) is 47.5 Å². The highest BCUT2D eigenvalue weighted by atomic mass is 79.9. The van der Waals surface area contributed by atoms with E-state index < -0.39 is 5.60 Å². The summed E-state index contributed by atoms with van der Waals surface area (Å²) in [5.74, 6) is 0. The molecule has 0 aliphatic heterocycles. The number of halogens is 1. The summed E-state index contributed by atoms with van der Waals surface area (Å²) < 4.78 is 2.92. The molecule has 0 spiro atoms. The third kappa shape index (κ3) is 2.58. The fraction of sp³-hybridized carbons (Fsp3) is 0.769. The minimum atomic E-state index is -0.563. The molecule has 1 aromatic rings. The van der Waals surface area contributed by atoms with Crippen LogP contribution in [0.3, 0.4) is 0 Å². The van der Waals surface area contributed by atoms with Crippen molar-refractivity contribution >= 4 is 15.9 Å². The molecule has 0 saturated heterocycles. The van der Waals surface area contributed by atoms with E-state index in [-0.39, 0.29) is 5.41 Å². The van der Waals surface area contributed by atoms with Crippen molar-refractivity contribution in [1.82, 2.24) is 9.78 Å². The molecule has 0 radical (unpaired) electrons. The van der Waals surface area contributed by atoms with Gasteiger partial charge >= 0.3 is 0 Å². The van der Waals surface area contributed by atoms with Gasteiger partial charge < -0.3 is 5.11 Å². The molecule has 1 N–H and O–H groups in total. The van der Waals surface area contributed by atoms with Gasteiger partial charge in [0.15, 0.2) is 0 Å². The first-order valence-corrected chi connectivity index (χ1v) is 6.92. The number of aryl methyl sites for hydroxylation is 2. The van der Waals surface area contributed by atoms with Crippen molar-refractivity contribution in [1.29, 1.82) is 0 Å². The molecule has 0 aromatic carbocycles. The zero-order chi connectivity index (χ0) is 12.8. The molecular weight excluding hydrogens is 280 g/mol. The highest BCUT2D eigenvalue weighted by Crippen LogP contribution is 2.45. The van der Waals surface area contributed by atoms with Crippen LogP contribution in [0.2, 0.25) is 0 Å². The first-order valence-electron chi connectivity index (χ1n) is 6.13. The Labute approximate surface area is 111 Å². The normalized spacial score (nSPS) is 27.6. The molecule has 1 unspecified atom stereocenters. The lowest BCUT2D eigenvalue weighted by Crippen LogP contribution is -2.30. The van der Waals surface area contributed by atoms with Crippen molar-refractivity contribution in [3.63, 3.8) is 0 Å². The Morgan fingerprint density at radius 1 is 1.41 bits per heavy atom.